The highest BCUT2D eigenvalue weighted by Crippen LogP contribution is 2.35. The van der Waals surface area contributed by atoms with Gasteiger partial charge in [0.2, 0.25) is 5.88 Å². The van der Waals surface area contributed by atoms with Crippen molar-refractivity contribution in [2.45, 2.75) is 13.1 Å². The first kappa shape index (κ1) is 17.0. The van der Waals surface area contributed by atoms with Gasteiger partial charge in [0.15, 0.2) is 5.58 Å². The lowest BCUT2D eigenvalue weighted by atomic mass is 10.3. The van der Waals surface area contributed by atoms with Crippen molar-refractivity contribution >= 4 is 28.7 Å². The lowest BCUT2D eigenvalue weighted by Crippen LogP contribution is -2.05. The number of nitrogens with zero attached hydrogens (tertiary/aromatic N) is 2. The third-order valence-electron chi connectivity index (χ3n) is 2.92. The maximum Gasteiger partial charge on any atom is 0.417 e. The molecule has 2 aromatic heterocycles. The molecule has 0 fully saturated rings. The number of fused-ring (bicyclic) bond motifs is 1. The molecule has 3 aromatic rings. The van der Waals surface area contributed by atoms with Crippen LogP contribution in [0.1, 0.15) is 12.5 Å². The smallest absolute Gasteiger partial charge is 0.417 e. The van der Waals surface area contributed by atoms with Crippen molar-refractivity contribution in [2.75, 3.05) is 0 Å². The van der Waals surface area contributed by atoms with Crippen molar-refractivity contribution < 1.29 is 31.9 Å². The number of benzene rings is 1. The molecule has 2 heterocycles. The fraction of sp³-hybridized carbons (Fsp3) is 0.133. The van der Waals surface area contributed by atoms with E-state index in [1.165, 1.54) is 25.1 Å². The number of hydrogen-bond donors (Lipinski definition) is 0. The summed E-state index contributed by atoms with van der Waals surface area (Å²) in [6.07, 6.45) is -4.26. The zero-order chi connectivity index (χ0) is 18.2. The molecule has 10 heteroatoms. The monoisotopic (exact) mass is 372 g/mol. The molecule has 0 aliphatic heterocycles. The van der Waals surface area contributed by atoms with Gasteiger partial charge in [0, 0.05) is 19.2 Å². The van der Waals surface area contributed by atoms with E-state index in [4.69, 9.17) is 25.5 Å². The summed E-state index contributed by atoms with van der Waals surface area (Å²) < 4.78 is 53.2. The second-order valence-electron chi connectivity index (χ2n) is 4.81. The van der Waals surface area contributed by atoms with Gasteiger partial charge in [-0.05, 0) is 18.2 Å². The fourth-order valence-electron chi connectivity index (χ4n) is 1.90. The summed E-state index contributed by atoms with van der Waals surface area (Å²) in [4.78, 5) is 18.4. The minimum atomic E-state index is -4.57. The van der Waals surface area contributed by atoms with E-state index >= 15 is 0 Å². The van der Waals surface area contributed by atoms with E-state index in [0.29, 0.717) is 23.4 Å². The minimum Gasteiger partial charge on any atom is -0.427 e. The lowest BCUT2D eigenvalue weighted by molar-refractivity contribution is -0.138. The average molecular weight is 373 g/mol. The molecule has 0 bridgehead atoms. The number of aromatic nitrogens is 2. The lowest BCUT2D eigenvalue weighted by Gasteiger charge is -2.08. The molecule has 25 heavy (non-hydrogen) atoms. The Morgan fingerprint density at radius 1 is 1.28 bits per heavy atom. The van der Waals surface area contributed by atoms with E-state index in [1.54, 1.807) is 0 Å². The predicted octanol–water partition coefficient (Wildman–Crippen LogP) is 4.61. The van der Waals surface area contributed by atoms with Gasteiger partial charge < -0.3 is 13.9 Å². The number of halogens is 4. The molecule has 0 aliphatic carbocycles. The Morgan fingerprint density at radius 3 is 2.68 bits per heavy atom. The van der Waals surface area contributed by atoms with Crippen molar-refractivity contribution in [3.8, 4) is 17.7 Å². The summed E-state index contributed by atoms with van der Waals surface area (Å²) in [5, 5.41) is -0.349. The first-order chi connectivity index (χ1) is 11.7. The number of ether oxygens (including phenoxy) is 2. The van der Waals surface area contributed by atoms with Gasteiger partial charge in [-0.3, -0.25) is 4.79 Å². The second-order valence-corrected chi connectivity index (χ2v) is 5.22. The van der Waals surface area contributed by atoms with Gasteiger partial charge >= 0.3 is 18.2 Å². The molecule has 6 nitrogen and oxygen atoms in total. The normalized spacial score (nSPS) is 11.6. The Bertz CT molecular complexity index is 956. The Morgan fingerprint density at radius 2 is 2.04 bits per heavy atom. The van der Waals surface area contributed by atoms with E-state index in [2.05, 4.69) is 9.97 Å². The van der Waals surface area contributed by atoms with Crippen LogP contribution in [0.25, 0.3) is 11.1 Å². The van der Waals surface area contributed by atoms with Crippen LogP contribution in [0.3, 0.4) is 0 Å². The van der Waals surface area contributed by atoms with Gasteiger partial charge in [-0.25, -0.2) is 4.98 Å². The number of rotatable bonds is 3. The molecule has 0 spiro atoms. The largest absolute Gasteiger partial charge is 0.427 e. The van der Waals surface area contributed by atoms with Gasteiger partial charge in [-0.2, -0.15) is 18.2 Å². The van der Waals surface area contributed by atoms with Crippen LogP contribution >= 0.6 is 11.6 Å². The molecule has 1 aromatic carbocycles. The van der Waals surface area contributed by atoms with Crippen molar-refractivity contribution in [1.29, 1.82) is 0 Å². The van der Waals surface area contributed by atoms with E-state index in [0.717, 1.165) is 0 Å². The highest BCUT2D eigenvalue weighted by Gasteiger charge is 2.32. The van der Waals surface area contributed by atoms with Gasteiger partial charge in [0.1, 0.15) is 16.3 Å². The zero-order valence-corrected chi connectivity index (χ0v) is 13.2. The molecule has 0 saturated heterocycles. The van der Waals surface area contributed by atoms with E-state index < -0.39 is 17.7 Å². The van der Waals surface area contributed by atoms with Crippen molar-refractivity contribution in [3.63, 3.8) is 0 Å². The number of carbonyl (C=O) groups is 1. The SMILES string of the molecule is CC(=O)Oc1ccc2oc(Oc3ncc(C(F)(F)F)cc3Cl)nc2c1. The number of hydrogen-bond acceptors (Lipinski definition) is 6. The summed E-state index contributed by atoms with van der Waals surface area (Å²) in [5.74, 6) is -0.535. The summed E-state index contributed by atoms with van der Waals surface area (Å²) in [6.45, 7) is 1.25. The summed E-state index contributed by atoms with van der Waals surface area (Å²) in [5.41, 5.74) is -0.376. The molecule has 0 atom stereocenters. The van der Waals surface area contributed by atoms with E-state index in [1.807, 2.05) is 0 Å². The number of esters is 1. The van der Waals surface area contributed by atoms with Crippen LogP contribution in [0.4, 0.5) is 13.2 Å². The van der Waals surface area contributed by atoms with Crippen LogP contribution in [0.5, 0.6) is 17.7 Å². The average Bonchev–Trinajstić information content (AvgIpc) is 2.89. The van der Waals surface area contributed by atoms with Crippen LogP contribution in [0.2, 0.25) is 5.02 Å². The molecule has 0 radical (unpaired) electrons. The van der Waals surface area contributed by atoms with Crippen LogP contribution in [-0.2, 0) is 11.0 Å². The predicted molar refractivity (Wildman–Crippen MR) is 79.6 cm³/mol. The molecule has 3 rings (SSSR count). The van der Waals surface area contributed by atoms with Crippen LogP contribution < -0.4 is 9.47 Å². The Balaban J connectivity index is 1.86. The molecule has 130 valence electrons. The quantitative estimate of drug-likeness (QED) is 0.493. The number of carbonyl (C=O) groups excluding carboxylic acids is 1. The standard InChI is InChI=1S/C15H8ClF3N2O4/c1-7(22)23-9-2-3-12-11(5-9)21-14(24-12)25-13-10(16)4-8(6-20-13)15(17,18)19/h2-6H,1H3. The Hall–Kier alpha value is -2.81. The van der Waals surface area contributed by atoms with Crippen molar-refractivity contribution in [1.82, 2.24) is 9.97 Å². The van der Waals surface area contributed by atoms with Crippen LogP contribution in [0.15, 0.2) is 34.9 Å². The maximum atomic E-state index is 12.6. The van der Waals surface area contributed by atoms with Gasteiger partial charge in [-0.15, -0.1) is 0 Å². The molecular formula is C15H8ClF3N2O4. The fourth-order valence-corrected chi connectivity index (χ4v) is 2.10. The zero-order valence-electron chi connectivity index (χ0n) is 12.4. The first-order valence-corrected chi connectivity index (χ1v) is 7.10. The molecule has 0 aliphatic rings. The molecule has 0 N–H and O–H groups in total. The van der Waals surface area contributed by atoms with Gasteiger partial charge in [-0.1, -0.05) is 11.6 Å². The molecule has 0 unspecified atom stereocenters. The third-order valence-corrected chi connectivity index (χ3v) is 3.19. The van der Waals surface area contributed by atoms with Gasteiger partial charge in [0.25, 0.3) is 0 Å². The third kappa shape index (κ3) is 3.82. The molecule has 0 amide bonds. The van der Waals surface area contributed by atoms with Crippen molar-refractivity contribution in [3.05, 3.63) is 41.0 Å². The maximum absolute atomic E-state index is 12.6. The Kier molecular flexibility index (Phi) is 4.25. The summed E-state index contributed by atoms with van der Waals surface area (Å²) in [7, 11) is 0. The molecule has 0 saturated carbocycles. The van der Waals surface area contributed by atoms with Crippen molar-refractivity contribution in [2.24, 2.45) is 0 Å². The van der Waals surface area contributed by atoms with Crippen LogP contribution in [0, 0.1) is 0 Å². The minimum absolute atomic E-state index is 0.255. The van der Waals surface area contributed by atoms with E-state index in [9.17, 15) is 18.0 Å². The van der Waals surface area contributed by atoms with E-state index in [-0.39, 0.29) is 22.7 Å². The highest BCUT2D eigenvalue weighted by atomic mass is 35.5. The highest BCUT2D eigenvalue weighted by molar-refractivity contribution is 6.31. The summed E-state index contributed by atoms with van der Waals surface area (Å²) >= 11 is 5.75. The topological polar surface area (TPSA) is 74.5 Å². The summed E-state index contributed by atoms with van der Waals surface area (Å²) in [6, 6.07) is 5.11. The molecular weight excluding hydrogens is 365 g/mol. The Labute approximate surface area is 143 Å². The second kappa shape index (κ2) is 6.25. The number of pyridine rings is 1. The number of alkyl halides is 3. The van der Waals surface area contributed by atoms with Gasteiger partial charge in [0.05, 0.1) is 5.56 Å². The first-order valence-electron chi connectivity index (χ1n) is 6.72. The number of oxazole rings is 1. The van der Waals surface area contributed by atoms with Crippen LogP contribution in [-0.4, -0.2) is 15.9 Å².